The van der Waals surface area contributed by atoms with E-state index in [1.54, 1.807) is 6.08 Å². The van der Waals surface area contributed by atoms with Gasteiger partial charge in [-0.3, -0.25) is 19.5 Å². The molecule has 2 aromatic carbocycles. The maximum absolute atomic E-state index is 13.2. The fraction of sp³-hybridized carbons (Fsp3) is 0.0909. The first-order chi connectivity index (χ1) is 16.1. The lowest BCUT2D eigenvalue weighted by Gasteiger charge is -2.21. The number of nitrogens with one attached hydrogen (secondary N) is 1. The van der Waals surface area contributed by atoms with Crippen molar-refractivity contribution in [3.8, 4) is 0 Å². The molecule has 172 valence electrons. The number of halogens is 5. The van der Waals surface area contributed by atoms with Crippen LogP contribution in [0.4, 0.5) is 19.1 Å². The number of hydrogen-bond donors (Lipinski definition) is 1. The highest BCUT2D eigenvalue weighted by atomic mass is 35.5. The van der Waals surface area contributed by atoms with E-state index in [1.165, 1.54) is 45.8 Å². The Morgan fingerprint density at radius 2 is 1.88 bits per heavy atom. The van der Waals surface area contributed by atoms with Crippen LogP contribution in [0.2, 0.25) is 10.0 Å². The van der Waals surface area contributed by atoms with Crippen molar-refractivity contribution in [3.05, 3.63) is 91.8 Å². The molecular formula is C22H12Cl2F3N5O2. The molecule has 4 aromatic rings. The van der Waals surface area contributed by atoms with Crippen LogP contribution in [0.5, 0.6) is 0 Å². The van der Waals surface area contributed by atoms with Gasteiger partial charge in [0.15, 0.2) is 5.65 Å². The molecule has 34 heavy (non-hydrogen) atoms. The van der Waals surface area contributed by atoms with Crippen LogP contribution >= 0.6 is 23.2 Å². The van der Waals surface area contributed by atoms with Gasteiger partial charge in [-0.2, -0.15) is 23.3 Å². The van der Waals surface area contributed by atoms with E-state index in [9.17, 15) is 22.8 Å². The molecule has 5 rings (SSSR count). The number of benzene rings is 2. The second-order valence-corrected chi connectivity index (χ2v) is 8.21. The number of nitrogens with zero attached hydrogens (tertiary/aromatic N) is 4. The van der Waals surface area contributed by atoms with Crippen molar-refractivity contribution >= 4 is 51.8 Å². The lowest BCUT2D eigenvalue weighted by Crippen LogP contribution is -2.25. The topological polar surface area (TPSA) is 81.8 Å². The highest BCUT2D eigenvalue weighted by Gasteiger charge is 2.31. The van der Waals surface area contributed by atoms with Gasteiger partial charge in [-0.25, -0.2) is 4.68 Å². The Bertz CT molecular complexity index is 1570. The molecule has 0 bridgehead atoms. The molecule has 3 heterocycles. The molecular weight excluding hydrogens is 494 g/mol. The first kappa shape index (κ1) is 22.2. The smallest absolute Gasteiger partial charge is 0.292 e. The highest BCUT2D eigenvalue weighted by molar-refractivity contribution is 6.42. The van der Waals surface area contributed by atoms with Gasteiger partial charge >= 0.3 is 6.18 Å². The third-order valence-electron chi connectivity index (χ3n) is 5.28. The van der Waals surface area contributed by atoms with Gasteiger partial charge in [0.05, 0.1) is 27.5 Å². The fourth-order valence-corrected chi connectivity index (χ4v) is 3.98. The summed E-state index contributed by atoms with van der Waals surface area (Å²) in [6.07, 6.45) is -1.58. The van der Waals surface area contributed by atoms with Crippen LogP contribution in [0.25, 0.3) is 16.7 Å². The molecule has 0 unspecified atom stereocenters. The second kappa shape index (κ2) is 8.00. The lowest BCUT2D eigenvalue weighted by molar-refractivity contribution is -0.137. The van der Waals surface area contributed by atoms with Crippen LogP contribution in [0.1, 0.15) is 21.5 Å². The number of anilines is 1. The average Bonchev–Trinajstić information content (AvgIpc) is 3.24. The minimum absolute atomic E-state index is 0.0466. The number of carbonyl (C=O) groups is 1. The molecule has 2 aromatic heterocycles. The summed E-state index contributed by atoms with van der Waals surface area (Å²) in [5.74, 6) is -0.623. The summed E-state index contributed by atoms with van der Waals surface area (Å²) >= 11 is 11.9. The zero-order valence-electron chi connectivity index (χ0n) is 16.9. The molecule has 0 atom stereocenters. The van der Waals surface area contributed by atoms with Gasteiger partial charge < -0.3 is 0 Å². The maximum Gasteiger partial charge on any atom is 0.416 e. The SMILES string of the molecule is O=C(Nc1nc(=O)c2cnn3c2n1CC=C3c1cccc(C(F)(F)F)c1)c1ccc(Cl)c(Cl)c1. The molecule has 1 aliphatic rings. The number of amides is 1. The standard InChI is InChI=1S/C22H12Cl2F3N5O2/c23-15-5-4-12(9-16(15)24)18(33)29-21-30-19(34)14-10-28-32-17(6-7-31(21)20(14)32)11-2-1-3-13(8-11)22(25,26)27/h1-6,8-10H,7H2,(H,29,30,33,34). The van der Waals surface area contributed by atoms with E-state index >= 15 is 0 Å². The Balaban J connectivity index is 1.57. The van der Waals surface area contributed by atoms with Crippen molar-refractivity contribution in [1.82, 2.24) is 19.3 Å². The van der Waals surface area contributed by atoms with Crippen LogP contribution in [0.3, 0.4) is 0 Å². The lowest BCUT2D eigenvalue weighted by atomic mass is 10.1. The van der Waals surface area contributed by atoms with Gasteiger partial charge in [0.2, 0.25) is 5.95 Å². The van der Waals surface area contributed by atoms with Crippen LogP contribution in [0.15, 0.2) is 59.5 Å². The molecule has 0 saturated carbocycles. The molecule has 12 heteroatoms. The van der Waals surface area contributed by atoms with E-state index in [2.05, 4.69) is 15.4 Å². The Kier molecular flexibility index (Phi) is 5.22. The minimum atomic E-state index is -4.51. The number of carbonyl (C=O) groups excluding carboxylic acids is 1. The van der Waals surface area contributed by atoms with Crippen molar-refractivity contribution in [3.63, 3.8) is 0 Å². The summed E-state index contributed by atoms with van der Waals surface area (Å²) in [6, 6.07) is 9.12. The molecule has 0 radical (unpaired) electrons. The quantitative estimate of drug-likeness (QED) is 0.421. The molecule has 1 amide bonds. The first-order valence-electron chi connectivity index (χ1n) is 9.76. The zero-order chi connectivity index (χ0) is 24.2. The predicted molar refractivity (Wildman–Crippen MR) is 121 cm³/mol. The summed E-state index contributed by atoms with van der Waals surface area (Å²) in [5, 5.41) is 7.40. The van der Waals surface area contributed by atoms with Gasteiger partial charge in [0.1, 0.15) is 5.39 Å². The molecule has 0 spiro atoms. The maximum atomic E-state index is 13.2. The van der Waals surface area contributed by atoms with Crippen LogP contribution in [-0.2, 0) is 12.7 Å². The second-order valence-electron chi connectivity index (χ2n) is 7.40. The summed E-state index contributed by atoms with van der Waals surface area (Å²) in [5.41, 5.74) is -0.320. The van der Waals surface area contributed by atoms with Crippen molar-refractivity contribution < 1.29 is 18.0 Å². The summed E-state index contributed by atoms with van der Waals surface area (Å²) in [6.45, 7) is 0.123. The summed E-state index contributed by atoms with van der Waals surface area (Å²) < 4.78 is 42.5. The van der Waals surface area contributed by atoms with Gasteiger partial charge in [-0.05, 0) is 36.4 Å². The van der Waals surface area contributed by atoms with Crippen LogP contribution in [0, 0.1) is 0 Å². The number of aromatic nitrogens is 4. The molecule has 0 fully saturated rings. The zero-order valence-corrected chi connectivity index (χ0v) is 18.4. The fourth-order valence-electron chi connectivity index (χ4n) is 3.68. The van der Waals surface area contributed by atoms with Crippen LogP contribution < -0.4 is 10.9 Å². The monoisotopic (exact) mass is 505 g/mol. The van der Waals surface area contributed by atoms with Gasteiger partial charge in [-0.15, -0.1) is 0 Å². The Hall–Kier alpha value is -3.63. The van der Waals surface area contributed by atoms with Crippen molar-refractivity contribution in [2.24, 2.45) is 0 Å². The van der Waals surface area contributed by atoms with Gasteiger partial charge in [0, 0.05) is 17.7 Å². The normalized spacial score (nSPS) is 13.1. The van der Waals surface area contributed by atoms with Gasteiger partial charge in [-0.1, -0.05) is 35.3 Å². The van der Waals surface area contributed by atoms with E-state index < -0.39 is 23.2 Å². The third-order valence-corrected chi connectivity index (χ3v) is 6.02. The number of rotatable bonds is 3. The minimum Gasteiger partial charge on any atom is -0.292 e. The largest absolute Gasteiger partial charge is 0.416 e. The summed E-state index contributed by atoms with van der Waals surface area (Å²) in [4.78, 5) is 29.3. The van der Waals surface area contributed by atoms with E-state index in [1.807, 2.05) is 0 Å². The number of alkyl halides is 3. The van der Waals surface area contributed by atoms with E-state index in [4.69, 9.17) is 23.2 Å². The van der Waals surface area contributed by atoms with E-state index in [-0.39, 0.29) is 39.1 Å². The average molecular weight is 506 g/mol. The summed E-state index contributed by atoms with van der Waals surface area (Å²) in [7, 11) is 0. The van der Waals surface area contributed by atoms with Crippen LogP contribution in [-0.4, -0.2) is 25.2 Å². The number of hydrogen-bond acceptors (Lipinski definition) is 4. The third kappa shape index (κ3) is 3.74. The molecule has 7 nitrogen and oxygen atoms in total. The Morgan fingerprint density at radius 3 is 2.62 bits per heavy atom. The molecule has 1 aliphatic heterocycles. The van der Waals surface area contributed by atoms with E-state index in [0.717, 1.165) is 12.1 Å². The van der Waals surface area contributed by atoms with Gasteiger partial charge in [0.25, 0.3) is 11.5 Å². The number of allylic oxidation sites excluding steroid dienone is 1. The Labute approximate surface area is 199 Å². The highest BCUT2D eigenvalue weighted by Crippen LogP contribution is 2.33. The predicted octanol–water partition coefficient (Wildman–Crippen LogP) is 5.07. The molecule has 0 saturated heterocycles. The van der Waals surface area contributed by atoms with Crippen molar-refractivity contribution in [1.29, 1.82) is 0 Å². The molecule has 0 aliphatic carbocycles. The first-order valence-corrected chi connectivity index (χ1v) is 10.5. The molecule has 1 N–H and O–H groups in total. The Morgan fingerprint density at radius 1 is 1.09 bits per heavy atom. The van der Waals surface area contributed by atoms with E-state index in [0.29, 0.717) is 11.3 Å². The van der Waals surface area contributed by atoms with Crippen molar-refractivity contribution in [2.45, 2.75) is 12.7 Å². The van der Waals surface area contributed by atoms with Crippen molar-refractivity contribution in [2.75, 3.05) is 5.32 Å².